The number of aromatic nitrogens is 4. The highest BCUT2D eigenvalue weighted by molar-refractivity contribution is 6.36. The van der Waals surface area contributed by atoms with Gasteiger partial charge < -0.3 is 47.1 Å². The first-order valence-electron chi connectivity index (χ1n) is 14.6. The average Bonchev–Trinajstić information content (AvgIpc) is 3.48. The van der Waals surface area contributed by atoms with E-state index in [-0.39, 0.29) is 78.4 Å². The lowest BCUT2D eigenvalue weighted by molar-refractivity contribution is -0.152. The number of benzene rings is 1. The van der Waals surface area contributed by atoms with E-state index >= 15 is 0 Å². The molecule has 1 aliphatic heterocycles. The molecule has 1 saturated heterocycles. The van der Waals surface area contributed by atoms with Crippen molar-refractivity contribution in [3.05, 3.63) is 34.6 Å². The van der Waals surface area contributed by atoms with Crippen LogP contribution >= 0.6 is 48.8 Å². The number of imidazole rings is 1. The molecule has 22 heteroatoms. The molecular formula is C28H38Cl4N14O4. The molecule has 0 aliphatic carbocycles. The molecule has 1 aliphatic rings. The first-order valence-corrected chi connectivity index (χ1v) is 15.0. The van der Waals surface area contributed by atoms with Gasteiger partial charge in [-0.3, -0.25) is 10.2 Å². The van der Waals surface area contributed by atoms with Gasteiger partial charge >= 0.3 is 12.1 Å². The number of nitrogens with two attached hydrogens (primary N) is 2. The molecule has 1 aromatic carbocycles. The molecule has 2 aromatic heterocycles. The number of rotatable bonds is 12. The van der Waals surface area contributed by atoms with Crippen LogP contribution in [0.1, 0.15) is 37.4 Å². The zero-order chi connectivity index (χ0) is 34.1. The van der Waals surface area contributed by atoms with Crippen molar-refractivity contribution in [3.8, 4) is 12.1 Å². The zero-order valence-electron chi connectivity index (χ0n) is 26.9. The minimum absolute atomic E-state index is 0. The van der Waals surface area contributed by atoms with E-state index < -0.39 is 30.3 Å². The Bertz CT molecular complexity index is 1730. The molecule has 50 heavy (non-hydrogen) atoms. The molecule has 18 nitrogen and oxygen atoms in total. The van der Waals surface area contributed by atoms with E-state index in [9.17, 15) is 20.1 Å². The Morgan fingerprint density at radius 3 is 2.62 bits per heavy atom. The monoisotopic (exact) mass is 774 g/mol. The molecule has 3 aromatic rings. The SMILES string of the molecule is CCNc1nc(Nc2cc(C#N)cc(N3CC[C@@H](NC(=O)OC)[C@H](OC(=O)C(N)CCCNC(=N)N)C3)c2Cl)nn2c(C#N)cnc12.Cl.Cl.Cl. The van der Waals surface area contributed by atoms with Crippen LogP contribution in [0.4, 0.5) is 27.9 Å². The van der Waals surface area contributed by atoms with Gasteiger partial charge in [-0.05, 0) is 38.3 Å². The zero-order valence-corrected chi connectivity index (χ0v) is 30.1. The van der Waals surface area contributed by atoms with Gasteiger partial charge in [-0.25, -0.2) is 9.78 Å². The lowest BCUT2D eigenvalue weighted by atomic mass is 10.00. The Hall–Kier alpha value is -4.72. The molecule has 0 saturated carbocycles. The number of hydrogen-bond acceptors (Lipinski definition) is 14. The molecule has 0 radical (unpaired) electrons. The van der Waals surface area contributed by atoms with Crippen LogP contribution in [0.2, 0.25) is 5.02 Å². The predicted octanol–water partition coefficient (Wildman–Crippen LogP) is 2.40. The van der Waals surface area contributed by atoms with Gasteiger partial charge in [0.2, 0.25) is 5.95 Å². The van der Waals surface area contributed by atoms with Crippen molar-refractivity contribution in [1.29, 1.82) is 15.9 Å². The summed E-state index contributed by atoms with van der Waals surface area (Å²) < 4.78 is 11.9. The Balaban J connectivity index is 0.00000417. The van der Waals surface area contributed by atoms with Gasteiger partial charge in [0.1, 0.15) is 18.2 Å². The smallest absolute Gasteiger partial charge is 0.407 e. The second kappa shape index (κ2) is 20.1. The fraction of sp³-hybridized carbons (Fsp3) is 0.429. The fourth-order valence-electron chi connectivity index (χ4n) is 4.94. The maximum Gasteiger partial charge on any atom is 0.407 e. The summed E-state index contributed by atoms with van der Waals surface area (Å²) in [5.74, 6) is -0.379. The number of fused-ring (bicyclic) bond motifs is 1. The van der Waals surface area contributed by atoms with Crippen LogP contribution in [0.3, 0.4) is 0 Å². The van der Waals surface area contributed by atoms with Crippen molar-refractivity contribution in [3.63, 3.8) is 0 Å². The fourth-order valence-corrected chi connectivity index (χ4v) is 5.22. The number of anilines is 4. The minimum atomic E-state index is -0.958. The number of halogens is 4. The lowest BCUT2D eigenvalue weighted by Gasteiger charge is -2.40. The molecule has 1 amide bonds. The van der Waals surface area contributed by atoms with Gasteiger partial charge in [0, 0.05) is 19.6 Å². The number of nitrogens with one attached hydrogen (secondary N) is 5. The molecule has 1 fully saturated rings. The first-order chi connectivity index (χ1) is 22.6. The molecule has 1 unspecified atom stereocenters. The third-order valence-corrected chi connectivity index (χ3v) is 7.61. The number of guanidine groups is 1. The van der Waals surface area contributed by atoms with Crippen LogP contribution in [0.25, 0.3) is 5.65 Å². The molecule has 3 atom stereocenters. The Morgan fingerprint density at radius 1 is 1.24 bits per heavy atom. The Kier molecular flexibility index (Phi) is 17.4. The summed E-state index contributed by atoms with van der Waals surface area (Å²) in [4.78, 5) is 35.6. The number of carbonyl (C=O) groups is 2. The molecule has 3 heterocycles. The van der Waals surface area contributed by atoms with E-state index in [1.54, 1.807) is 6.07 Å². The van der Waals surface area contributed by atoms with E-state index in [2.05, 4.69) is 42.4 Å². The summed E-state index contributed by atoms with van der Waals surface area (Å²) in [6.45, 7) is 3.25. The summed E-state index contributed by atoms with van der Waals surface area (Å²) in [6.07, 6.45) is 0.920. The predicted molar refractivity (Wildman–Crippen MR) is 194 cm³/mol. The van der Waals surface area contributed by atoms with E-state index in [1.807, 2.05) is 17.9 Å². The number of amides is 1. The van der Waals surface area contributed by atoms with E-state index in [0.29, 0.717) is 55.3 Å². The van der Waals surface area contributed by atoms with Gasteiger partial charge in [-0.2, -0.15) is 20.0 Å². The second-order valence-corrected chi connectivity index (χ2v) is 10.8. The van der Waals surface area contributed by atoms with Crippen molar-refractivity contribution in [2.45, 2.75) is 44.4 Å². The summed E-state index contributed by atoms with van der Waals surface area (Å²) in [5.41, 5.74) is 13.0. The normalized spacial score (nSPS) is 15.4. The largest absolute Gasteiger partial charge is 0.457 e. The Labute approximate surface area is 311 Å². The number of piperidine rings is 1. The van der Waals surface area contributed by atoms with Crippen LogP contribution < -0.4 is 37.6 Å². The van der Waals surface area contributed by atoms with Crippen molar-refractivity contribution in [2.24, 2.45) is 11.5 Å². The van der Waals surface area contributed by atoms with Crippen molar-refractivity contribution in [1.82, 2.24) is 30.2 Å². The van der Waals surface area contributed by atoms with Gasteiger partial charge in [0.05, 0.1) is 53.9 Å². The van der Waals surface area contributed by atoms with Gasteiger partial charge in [0.15, 0.2) is 23.1 Å². The maximum absolute atomic E-state index is 13.0. The molecule has 4 rings (SSSR count). The van der Waals surface area contributed by atoms with E-state index in [0.717, 1.165) is 0 Å². The number of alkyl carbamates (subject to hydrolysis) is 1. The highest BCUT2D eigenvalue weighted by Gasteiger charge is 2.36. The van der Waals surface area contributed by atoms with Gasteiger partial charge in [-0.1, -0.05) is 11.6 Å². The molecule has 0 bridgehead atoms. The second-order valence-electron chi connectivity index (χ2n) is 10.4. The third kappa shape index (κ3) is 10.6. The van der Waals surface area contributed by atoms with Crippen LogP contribution in [0.5, 0.6) is 0 Å². The van der Waals surface area contributed by atoms with Crippen LogP contribution in [-0.4, -0.2) is 89.1 Å². The first kappa shape index (κ1) is 43.3. The molecule has 272 valence electrons. The highest BCUT2D eigenvalue weighted by atomic mass is 35.5. The number of nitriles is 2. The number of methoxy groups -OCH3 is 1. The van der Waals surface area contributed by atoms with Crippen molar-refractivity contribution < 1.29 is 19.1 Å². The number of esters is 1. The number of nitrogens with zero attached hydrogens (tertiary/aromatic N) is 7. The highest BCUT2D eigenvalue weighted by Crippen LogP contribution is 2.37. The Morgan fingerprint density at radius 2 is 1.98 bits per heavy atom. The lowest BCUT2D eigenvalue weighted by Crippen LogP contribution is -2.56. The number of ether oxygens (including phenoxy) is 2. The summed E-state index contributed by atoms with van der Waals surface area (Å²) in [5, 5.41) is 42.8. The third-order valence-electron chi connectivity index (χ3n) is 7.22. The van der Waals surface area contributed by atoms with Crippen molar-refractivity contribution >= 4 is 95.6 Å². The summed E-state index contributed by atoms with van der Waals surface area (Å²) >= 11 is 6.91. The summed E-state index contributed by atoms with van der Waals surface area (Å²) in [6, 6.07) is 5.75. The molecule has 0 spiro atoms. The molecule has 9 N–H and O–H groups in total. The van der Waals surface area contributed by atoms with Gasteiger partial charge in [0.25, 0.3) is 0 Å². The molecular weight excluding hydrogens is 738 g/mol. The average molecular weight is 777 g/mol. The standard InChI is InChI=1S/C28H35ClN14O4.3ClH/c1-3-35-23-24-37-13-16(12-31)43(24)41-27(40-23)38-19-9-15(11-30)10-20(22(19)29)42-8-6-18(39-28(45)46-2)21(14-42)47-25(44)17(32)5-4-7-36-26(33)34;;;/h9-10,13,17-18,21H,3-8,14,32H2,1-2H3,(H,39,45)(H4,33,34,36)(H2,35,38,40,41);3*1H/t17?,18-,21-;;;/m1.../s1. The van der Waals surface area contributed by atoms with Crippen molar-refractivity contribution in [2.75, 3.05) is 48.8 Å². The van der Waals surface area contributed by atoms with Crippen LogP contribution in [0, 0.1) is 28.1 Å². The van der Waals surface area contributed by atoms with Gasteiger partial charge in [-0.15, -0.1) is 42.3 Å². The number of hydrogen-bond donors (Lipinski definition) is 7. The summed E-state index contributed by atoms with van der Waals surface area (Å²) in [7, 11) is 1.23. The maximum atomic E-state index is 13.0. The number of carbonyl (C=O) groups excluding carboxylic acids is 2. The topological polar surface area (TPSA) is 271 Å². The van der Waals surface area contributed by atoms with E-state index in [1.165, 1.54) is 23.9 Å². The minimum Gasteiger partial charge on any atom is -0.457 e. The van der Waals surface area contributed by atoms with Crippen LogP contribution in [-0.2, 0) is 14.3 Å². The van der Waals surface area contributed by atoms with Crippen LogP contribution in [0.15, 0.2) is 18.3 Å². The van der Waals surface area contributed by atoms with E-state index in [4.69, 9.17) is 38.0 Å². The quantitative estimate of drug-likeness (QED) is 0.0602.